The van der Waals surface area contributed by atoms with Crippen LogP contribution in [0.15, 0.2) is 12.0 Å². The Morgan fingerprint density at radius 2 is 2.13 bits per heavy atom. The highest BCUT2D eigenvalue weighted by atomic mass is 16.4. The highest BCUT2D eigenvalue weighted by molar-refractivity contribution is 5.81. The summed E-state index contributed by atoms with van der Waals surface area (Å²) in [6.45, 7) is 1.20. The van der Waals surface area contributed by atoms with Gasteiger partial charge in [0, 0.05) is 13.3 Å². The van der Waals surface area contributed by atoms with Gasteiger partial charge < -0.3 is 15.5 Å². The molecule has 0 bridgehead atoms. The molecule has 0 aromatic heterocycles. The monoisotopic (exact) mass is 214 g/mol. The maximum atomic E-state index is 10.6. The van der Waals surface area contributed by atoms with Crippen LogP contribution in [0.25, 0.3) is 4.98 Å². The molecule has 1 amide bonds. The molecule has 0 aliphatic carbocycles. The Balaban J connectivity index is 4.20. The highest BCUT2D eigenvalue weighted by Gasteiger charge is 2.18. The molecule has 0 unspecified atom stereocenters. The number of aliphatic hydroxyl groups excluding tert-OH is 1. The normalized spacial score (nSPS) is 12.7. The maximum absolute atomic E-state index is 10.6. The molecule has 0 aliphatic heterocycles. The minimum absolute atomic E-state index is 0.00130. The number of amides is 1. The van der Waals surface area contributed by atoms with Gasteiger partial charge in [-0.1, -0.05) is 0 Å². The van der Waals surface area contributed by atoms with E-state index in [0.29, 0.717) is 0 Å². The topological polar surface area (TPSA) is 115 Å². The fourth-order valence-corrected chi connectivity index (χ4v) is 0.926. The zero-order chi connectivity index (χ0) is 11.8. The van der Waals surface area contributed by atoms with Crippen LogP contribution in [0.3, 0.4) is 0 Å². The molecule has 0 aliphatic rings. The number of rotatable bonds is 5. The van der Waals surface area contributed by atoms with Gasteiger partial charge in [-0.2, -0.15) is 0 Å². The molecule has 0 radical (unpaired) electrons. The first kappa shape index (κ1) is 12.9. The van der Waals surface area contributed by atoms with Gasteiger partial charge in [0.2, 0.25) is 11.3 Å². The zero-order valence-corrected chi connectivity index (χ0v) is 8.17. The average molecular weight is 214 g/mol. The Kier molecular flexibility index (Phi) is 5.48. The lowest BCUT2D eigenvalue weighted by Crippen LogP contribution is -2.39. The van der Waals surface area contributed by atoms with E-state index in [1.807, 2.05) is 0 Å². The van der Waals surface area contributed by atoms with Crippen molar-refractivity contribution < 1.29 is 19.8 Å². The lowest BCUT2D eigenvalue weighted by atomic mass is 10.1. The molecule has 1 atom stereocenters. The first-order valence-corrected chi connectivity index (χ1v) is 4.19. The van der Waals surface area contributed by atoms with E-state index in [0.717, 1.165) is 6.20 Å². The summed E-state index contributed by atoms with van der Waals surface area (Å²) >= 11 is 0. The van der Waals surface area contributed by atoms with E-state index in [2.05, 4.69) is 10.3 Å². The van der Waals surface area contributed by atoms with Gasteiger partial charge in [-0.05, 0) is 6.42 Å². The summed E-state index contributed by atoms with van der Waals surface area (Å²) in [6, 6.07) is -1.06. The van der Waals surface area contributed by atoms with Crippen molar-refractivity contribution in [1.29, 1.82) is 5.39 Å². The number of diazo groups is 1. The highest BCUT2D eigenvalue weighted by Crippen LogP contribution is 2.05. The van der Waals surface area contributed by atoms with Crippen LogP contribution in [-0.4, -0.2) is 28.1 Å². The van der Waals surface area contributed by atoms with Crippen LogP contribution in [-0.2, 0) is 9.59 Å². The number of carboxylic acids is 1. The predicted octanol–water partition coefficient (Wildman–Crippen LogP) is 0.608. The fraction of sp³-hybridized carbons (Fsp3) is 0.500. The number of carboxylic acid groups (broad SMARTS) is 1. The molecule has 82 valence electrons. The Labute approximate surface area is 86.0 Å². The van der Waals surface area contributed by atoms with E-state index in [1.165, 1.54) is 6.92 Å². The van der Waals surface area contributed by atoms with Crippen molar-refractivity contribution in [2.45, 2.75) is 25.8 Å². The zero-order valence-electron chi connectivity index (χ0n) is 8.17. The summed E-state index contributed by atoms with van der Waals surface area (Å²) in [5.74, 6) is -1.90. The Morgan fingerprint density at radius 1 is 1.53 bits per heavy atom. The van der Waals surface area contributed by atoms with Crippen LogP contribution in [0.1, 0.15) is 19.8 Å². The van der Waals surface area contributed by atoms with Crippen LogP contribution in [0.4, 0.5) is 0 Å². The van der Waals surface area contributed by atoms with Crippen LogP contribution in [0.2, 0.25) is 0 Å². The van der Waals surface area contributed by atoms with Crippen LogP contribution in [0.5, 0.6) is 0 Å². The number of nitrogens with one attached hydrogen (secondary N) is 1. The molecule has 0 heterocycles. The minimum Gasteiger partial charge on any atom is -0.505 e. The van der Waals surface area contributed by atoms with Crippen molar-refractivity contribution >= 4 is 11.9 Å². The maximum Gasteiger partial charge on any atom is 0.387 e. The summed E-state index contributed by atoms with van der Waals surface area (Å²) < 4.78 is 0. The first-order chi connectivity index (χ1) is 6.97. The third-order valence-corrected chi connectivity index (χ3v) is 1.57. The molecule has 0 saturated heterocycles. The molecule has 0 spiro atoms. The summed E-state index contributed by atoms with van der Waals surface area (Å²) in [7, 11) is 0. The van der Waals surface area contributed by atoms with Gasteiger partial charge in [0.1, 0.15) is 6.04 Å². The Morgan fingerprint density at radius 3 is 2.53 bits per heavy atom. The van der Waals surface area contributed by atoms with Gasteiger partial charge in [0.25, 0.3) is 0 Å². The van der Waals surface area contributed by atoms with Crippen LogP contribution < -0.4 is 5.32 Å². The lowest BCUT2D eigenvalue weighted by molar-refractivity contribution is -0.141. The number of nitrogens with zero attached hydrogens (tertiary/aromatic N) is 2. The summed E-state index contributed by atoms with van der Waals surface area (Å²) in [5, 5.41) is 28.0. The van der Waals surface area contributed by atoms with Crippen molar-refractivity contribution in [3.63, 3.8) is 0 Å². The van der Waals surface area contributed by atoms with Gasteiger partial charge in [0.15, 0.2) is 10.7 Å². The molecule has 0 aromatic carbocycles. The third kappa shape index (κ3) is 6.04. The number of carbonyl (C=O) groups excluding carboxylic acids is 1. The van der Waals surface area contributed by atoms with Gasteiger partial charge in [0.05, 0.1) is 0 Å². The van der Waals surface area contributed by atoms with Crippen molar-refractivity contribution in [3.05, 3.63) is 16.9 Å². The fourth-order valence-electron chi connectivity index (χ4n) is 0.926. The smallest absolute Gasteiger partial charge is 0.387 e. The average Bonchev–Trinajstić information content (AvgIpc) is 2.11. The summed E-state index contributed by atoms with van der Waals surface area (Å²) in [5.41, 5.74) is 0. The first-order valence-electron chi connectivity index (χ1n) is 4.19. The number of hydrogen-bond acceptors (Lipinski definition) is 4. The van der Waals surface area contributed by atoms with E-state index < -0.39 is 17.9 Å². The van der Waals surface area contributed by atoms with E-state index in [1.54, 1.807) is 0 Å². The summed E-state index contributed by atoms with van der Waals surface area (Å²) in [6.07, 6.45) is 0.820. The van der Waals surface area contributed by atoms with Crippen LogP contribution >= 0.6 is 0 Å². The molecule has 15 heavy (non-hydrogen) atoms. The van der Waals surface area contributed by atoms with Crippen molar-refractivity contribution in [1.82, 2.24) is 5.32 Å². The molecule has 0 saturated carbocycles. The minimum atomic E-state index is -1.18. The SMILES string of the molecule is CC(=O)N[C@@H](CC/C(O)=C/[N+]#N)C(=O)O. The molecule has 3 N–H and O–H groups in total. The molecule has 0 fully saturated rings. The Hall–Kier alpha value is -2.10. The van der Waals surface area contributed by atoms with Gasteiger partial charge in [-0.25, -0.2) is 4.79 Å². The van der Waals surface area contributed by atoms with Crippen molar-refractivity contribution in [2.24, 2.45) is 0 Å². The van der Waals surface area contributed by atoms with Gasteiger partial charge in [-0.15, -0.1) is 0 Å². The third-order valence-electron chi connectivity index (χ3n) is 1.57. The Bertz CT molecular complexity index is 318. The quantitative estimate of drug-likeness (QED) is 0.458. The van der Waals surface area contributed by atoms with Gasteiger partial charge >= 0.3 is 12.2 Å². The van der Waals surface area contributed by atoms with E-state index >= 15 is 0 Å². The molecule has 0 rings (SSSR count). The number of aliphatic hydroxyl groups is 1. The van der Waals surface area contributed by atoms with Gasteiger partial charge in [-0.3, -0.25) is 4.79 Å². The second kappa shape index (κ2) is 6.37. The number of carbonyl (C=O) groups is 2. The summed E-state index contributed by atoms with van der Waals surface area (Å²) in [4.78, 5) is 23.8. The standard InChI is InChI=1S/C8H11N3O4/c1-5(12)11-7(8(14)15)3-2-6(13)4-10-9/h4,7H,2-3H2,1H3,(H2-,11,12,13,14,15)/p+1/b6-4-/t7-/m0/s1. The van der Waals surface area contributed by atoms with Crippen LogP contribution in [0, 0.1) is 5.39 Å². The molecule has 0 aromatic rings. The van der Waals surface area contributed by atoms with Crippen molar-refractivity contribution in [3.8, 4) is 0 Å². The molecular weight excluding hydrogens is 202 g/mol. The van der Waals surface area contributed by atoms with Crippen molar-refractivity contribution in [2.75, 3.05) is 0 Å². The largest absolute Gasteiger partial charge is 0.505 e. The molecule has 7 nitrogen and oxygen atoms in total. The molecular formula is C8H12N3O4+. The van der Waals surface area contributed by atoms with E-state index in [-0.39, 0.29) is 18.6 Å². The second-order valence-electron chi connectivity index (χ2n) is 2.87. The number of allylic oxidation sites excluding steroid dienone is 1. The number of aliphatic carboxylic acids is 1. The van der Waals surface area contributed by atoms with E-state index in [4.69, 9.17) is 15.6 Å². The molecule has 7 heteroatoms. The number of hydrogen-bond donors (Lipinski definition) is 3. The van der Waals surface area contributed by atoms with E-state index in [9.17, 15) is 9.59 Å². The lowest BCUT2D eigenvalue weighted by Gasteiger charge is -2.11. The predicted molar refractivity (Wildman–Crippen MR) is 50.3 cm³/mol. The second-order valence-corrected chi connectivity index (χ2v) is 2.87.